The van der Waals surface area contributed by atoms with Crippen molar-refractivity contribution in [3.05, 3.63) is 28.9 Å². The molecule has 0 aromatic carbocycles. The molecule has 13 heavy (non-hydrogen) atoms. The first-order valence-electron chi connectivity index (χ1n) is 4.15. The lowest BCUT2D eigenvalue weighted by Gasteiger charge is -1.98. The number of aryl methyl sites for hydroxylation is 1. The van der Waals surface area contributed by atoms with Crippen LogP contribution in [0.3, 0.4) is 0 Å². The Labute approximate surface area is 81.1 Å². The summed E-state index contributed by atoms with van der Waals surface area (Å²) in [7, 11) is 0. The zero-order valence-electron chi connectivity index (χ0n) is 7.29. The molecule has 0 aliphatic heterocycles. The third-order valence-corrected chi connectivity index (χ3v) is 2.33. The first-order chi connectivity index (χ1) is 6.22. The number of fused-ring (bicyclic) bond motifs is 1. The van der Waals surface area contributed by atoms with Gasteiger partial charge in [-0.1, -0.05) is 18.5 Å². The summed E-state index contributed by atoms with van der Waals surface area (Å²) in [6.07, 6.45) is 0.886. The molecule has 0 aliphatic carbocycles. The first kappa shape index (κ1) is 8.38. The van der Waals surface area contributed by atoms with Gasteiger partial charge in [-0.3, -0.25) is 0 Å². The van der Waals surface area contributed by atoms with Gasteiger partial charge in [0.25, 0.3) is 0 Å². The maximum Gasteiger partial charge on any atom is 0.125 e. The quantitative estimate of drug-likeness (QED) is 0.758. The number of anilines is 1. The van der Waals surface area contributed by atoms with Crippen molar-refractivity contribution in [1.82, 2.24) is 9.61 Å². The van der Waals surface area contributed by atoms with Crippen LogP contribution in [0.1, 0.15) is 12.6 Å². The van der Waals surface area contributed by atoms with Crippen molar-refractivity contribution in [2.24, 2.45) is 0 Å². The van der Waals surface area contributed by atoms with Gasteiger partial charge < -0.3 is 5.73 Å². The molecule has 3 nitrogen and oxygen atoms in total. The fourth-order valence-electron chi connectivity index (χ4n) is 1.28. The van der Waals surface area contributed by atoms with Crippen LogP contribution >= 0.6 is 11.6 Å². The van der Waals surface area contributed by atoms with E-state index in [4.69, 9.17) is 17.3 Å². The summed E-state index contributed by atoms with van der Waals surface area (Å²) in [4.78, 5) is 0. The Morgan fingerprint density at radius 3 is 2.92 bits per heavy atom. The van der Waals surface area contributed by atoms with E-state index >= 15 is 0 Å². The number of halogens is 1. The Bertz CT molecular complexity index is 408. The van der Waals surface area contributed by atoms with Gasteiger partial charge in [-0.05, 0) is 24.6 Å². The van der Waals surface area contributed by atoms with Crippen LogP contribution < -0.4 is 5.73 Å². The van der Waals surface area contributed by atoms with Crippen LogP contribution in [0.2, 0.25) is 5.02 Å². The predicted octanol–water partition coefficient (Wildman–Crippen LogP) is 2.13. The molecular formula is C9H10ClN3. The van der Waals surface area contributed by atoms with Crippen LogP contribution in [-0.4, -0.2) is 9.61 Å². The fourth-order valence-corrected chi connectivity index (χ4v) is 1.48. The molecule has 68 valence electrons. The fraction of sp³-hybridized carbons (Fsp3) is 0.222. The zero-order valence-corrected chi connectivity index (χ0v) is 8.04. The molecule has 2 rings (SSSR count). The van der Waals surface area contributed by atoms with E-state index in [1.807, 2.05) is 13.0 Å². The molecule has 2 aromatic rings. The highest BCUT2D eigenvalue weighted by Gasteiger charge is 2.05. The lowest BCUT2D eigenvalue weighted by Crippen LogP contribution is -1.98. The molecule has 0 unspecified atom stereocenters. The Hall–Kier alpha value is -1.22. The highest BCUT2D eigenvalue weighted by atomic mass is 35.5. The predicted molar refractivity (Wildman–Crippen MR) is 54.0 cm³/mol. The minimum atomic E-state index is 0.610. The minimum Gasteiger partial charge on any atom is -0.384 e. The van der Waals surface area contributed by atoms with Crippen LogP contribution in [0.5, 0.6) is 0 Å². The maximum absolute atomic E-state index is 5.98. The Morgan fingerprint density at radius 2 is 2.31 bits per heavy atom. The van der Waals surface area contributed by atoms with E-state index in [2.05, 4.69) is 5.10 Å². The summed E-state index contributed by atoms with van der Waals surface area (Å²) in [6, 6.07) is 5.49. The van der Waals surface area contributed by atoms with E-state index in [0.29, 0.717) is 10.8 Å². The number of hydrogen-bond donors (Lipinski definition) is 1. The third kappa shape index (κ3) is 1.25. The van der Waals surface area contributed by atoms with Gasteiger partial charge >= 0.3 is 0 Å². The van der Waals surface area contributed by atoms with E-state index in [-0.39, 0.29) is 0 Å². The topological polar surface area (TPSA) is 43.3 Å². The largest absolute Gasteiger partial charge is 0.384 e. The highest BCUT2D eigenvalue weighted by Crippen LogP contribution is 2.20. The second-order valence-electron chi connectivity index (χ2n) is 2.89. The summed E-state index contributed by atoms with van der Waals surface area (Å²) in [6.45, 7) is 2.05. The molecule has 2 heterocycles. The lowest BCUT2D eigenvalue weighted by atomic mass is 10.3. The normalized spacial score (nSPS) is 10.9. The summed E-state index contributed by atoms with van der Waals surface area (Å²) in [5.74, 6) is 0.610. The van der Waals surface area contributed by atoms with Crippen molar-refractivity contribution in [2.45, 2.75) is 13.3 Å². The van der Waals surface area contributed by atoms with E-state index in [0.717, 1.165) is 17.6 Å². The number of aromatic nitrogens is 2. The van der Waals surface area contributed by atoms with Crippen molar-refractivity contribution < 1.29 is 0 Å². The summed E-state index contributed by atoms with van der Waals surface area (Å²) in [5, 5.41) is 4.98. The number of nitrogens with zero attached hydrogens (tertiary/aromatic N) is 2. The summed E-state index contributed by atoms with van der Waals surface area (Å²) in [5.41, 5.74) is 7.61. The number of rotatable bonds is 1. The Kier molecular flexibility index (Phi) is 1.88. The molecule has 0 saturated carbocycles. The number of nitrogen functional groups attached to an aromatic ring is 1. The standard InChI is InChI=1S/C9H10ClN3/c1-2-6-5-8-7(10)3-4-9(11)13(8)12-6/h3-5H,2,11H2,1H3. The molecule has 2 aromatic heterocycles. The van der Waals surface area contributed by atoms with Crippen molar-refractivity contribution in [2.75, 3.05) is 5.73 Å². The average Bonchev–Trinajstić information content (AvgIpc) is 2.56. The van der Waals surface area contributed by atoms with Crippen LogP contribution in [0.25, 0.3) is 5.52 Å². The molecule has 0 aliphatic rings. The Morgan fingerprint density at radius 1 is 1.54 bits per heavy atom. The molecule has 0 saturated heterocycles. The number of hydrogen-bond acceptors (Lipinski definition) is 2. The molecule has 4 heteroatoms. The lowest BCUT2D eigenvalue weighted by molar-refractivity contribution is 0.907. The smallest absolute Gasteiger partial charge is 0.125 e. The zero-order chi connectivity index (χ0) is 9.42. The second kappa shape index (κ2) is 2.92. The van der Waals surface area contributed by atoms with Gasteiger partial charge in [0.15, 0.2) is 0 Å². The molecule has 0 atom stereocenters. The van der Waals surface area contributed by atoms with Gasteiger partial charge in [0.2, 0.25) is 0 Å². The van der Waals surface area contributed by atoms with Gasteiger partial charge in [0.1, 0.15) is 5.82 Å². The van der Waals surface area contributed by atoms with E-state index in [9.17, 15) is 0 Å². The van der Waals surface area contributed by atoms with E-state index in [1.165, 1.54) is 0 Å². The molecule has 0 radical (unpaired) electrons. The van der Waals surface area contributed by atoms with Crippen molar-refractivity contribution in [3.63, 3.8) is 0 Å². The second-order valence-corrected chi connectivity index (χ2v) is 3.30. The third-order valence-electron chi connectivity index (χ3n) is 2.01. The molecule has 0 amide bonds. The molecule has 0 spiro atoms. The van der Waals surface area contributed by atoms with Crippen molar-refractivity contribution >= 4 is 22.9 Å². The Balaban J connectivity index is 2.80. The van der Waals surface area contributed by atoms with Gasteiger partial charge in [0, 0.05) is 0 Å². The summed E-state index contributed by atoms with van der Waals surface area (Å²) < 4.78 is 1.67. The van der Waals surface area contributed by atoms with Crippen LogP contribution in [0.4, 0.5) is 5.82 Å². The van der Waals surface area contributed by atoms with Crippen LogP contribution in [0.15, 0.2) is 18.2 Å². The van der Waals surface area contributed by atoms with Gasteiger partial charge in [0.05, 0.1) is 16.2 Å². The van der Waals surface area contributed by atoms with Crippen LogP contribution in [-0.2, 0) is 6.42 Å². The molecular weight excluding hydrogens is 186 g/mol. The maximum atomic E-state index is 5.98. The molecule has 0 fully saturated rings. The van der Waals surface area contributed by atoms with Crippen molar-refractivity contribution in [3.8, 4) is 0 Å². The van der Waals surface area contributed by atoms with Gasteiger partial charge in [-0.15, -0.1) is 0 Å². The van der Waals surface area contributed by atoms with Gasteiger partial charge in [-0.2, -0.15) is 5.10 Å². The summed E-state index contributed by atoms with van der Waals surface area (Å²) >= 11 is 5.98. The molecule has 2 N–H and O–H groups in total. The van der Waals surface area contributed by atoms with Crippen molar-refractivity contribution in [1.29, 1.82) is 0 Å². The highest BCUT2D eigenvalue weighted by molar-refractivity contribution is 6.33. The minimum absolute atomic E-state index is 0.610. The number of nitrogens with two attached hydrogens (primary N) is 1. The van der Waals surface area contributed by atoms with E-state index in [1.54, 1.807) is 16.6 Å². The SMILES string of the molecule is CCc1cc2c(Cl)ccc(N)n2n1. The average molecular weight is 196 g/mol. The first-order valence-corrected chi connectivity index (χ1v) is 4.53. The number of pyridine rings is 1. The van der Waals surface area contributed by atoms with Crippen LogP contribution in [0, 0.1) is 0 Å². The van der Waals surface area contributed by atoms with Gasteiger partial charge in [-0.25, -0.2) is 4.52 Å². The molecule has 0 bridgehead atoms. The monoisotopic (exact) mass is 195 g/mol. The van der Waals surface area contributed by atoms with E-state index < -0.39 is 0 Å².